The molecule has 3 aliphatic carbocycles. The second-order valence-corrected chi connectivity index (χ2v) is 12.2. The highest BCUT2D eigenvalue weighted by molar-refractivity contribution is 9.10. The van der Waals surface area contributed by atoms with Crippen LogP contribution in [-0.2, 0) is 11.3 Å². The number of hydrogen-bond acceptors (Lipinski definition) is 5. The molecule has 2 bridgehead atoms. The Morgan fingerprint density at radius 3 is 2.52 bits per heavy atom. The van der Waals surface area contributed by atoms with E-state index in [2.05, 4.69) is 52.0 Å². The first-order chi connectivity index (χ1) is 15.8. The largest absolute Gasteiger partial charge is 0.380 e. The van der Waals surface area contributed by atoms with Crippen LogP contribution in [-0.4, -0.2) is 63.8 Å². The van der Waals surface area contributed by atoms with Gasteiger partial charge in [0.25, 0.3) is 5.56 Å². The van der Waals surface area contributed by atoms with E-state index in [0.717, 1.165) is 49.9 Å². The van der Waals surface area contributed by atoms with E-state index in [4.69, 9.17) is 0 Å². The lowest BCUT2D eigenvalue weighted by molar-refractivity contribution is -0.133. The van der Waals surface area contributed by atoms with Gasteiger partial charge in [-0.05, 0) is 90.7 Å². The highest BCUT2D eigenvalue weighted by Gasteiger charge is 2.56. The Balaban J connectivity index is 1.19. The summed E-state index contributed by atoms with van der Waals surface area (Å²) < 4.78 is 1.78. The highest BCUT2D eigenvalue weighted by atomic mass is 79.9. The molecule has 182 valence electrons. The third-order valence-electron chi connectivity index (χ3n) is 9.44. The number of nitrogens with zero attached hydrogens (tertiary/aromatic N) is 4. The number of amides is 1. The number of fused-ring (bicyclic) bond motifs is 2. The van der Waals surface area contributed by atoms with Crippen LogP contribution in [0.3, 0.4) is 0 Å². The number of carbonyl (C=O) groups excluding carboxylic acids is 1. The Kier molecular flexibility index (Phi) is 6.36. The molecule has 1 aromatic rings. The van der Waals surface area contributed by atoms with E-state index in [1.54, 1.807) is 6.20 Å². The molecule has 2 saturated heterocycles. The lowest BCUT2D eigenvalue weighted by Gasteiger charge is -2.62. The van der Waals surface area contributed by atoms with E-state index in [1.165, 1.54) is 37.0 Å². The molecule has 1 N–H and O–H groups in total. The normalized spacial score (nSPS) is 31.9. The first kappa shape index (κ1) is 23.3. The van der Waals surface area contributed by atoms with E-state index in [9.17, 15) is 9.59 Å². The van der Waals surface area contributed by atoms with E-state index >= 15 is 0 Å². The van der Waals surface area contributed by atoms with Gasteiger partial charge in [-0.1, -0.05) is 20.8 Å². The van der Waals surface area contributed by atoms with E-state index < -0.39 is 0 Å². The van der Waals surface area contributed by atoms with E-state index in [-0.39, 0.29) is 18.0 Å². The molecule has 8 heteroatoms. The van der Waals surface area contributed by atoms with Gasteiger partial charge in [0.1, 0.15) is 11.0 Å². The number of piperidine rings is 1. The Morgan fingerprint density at radius 1 is 1.18 bits per heavy atom. The second kappa shape index (κ2) is 8.99. The number of carbonyl (C=O) groups is 1. The number of aromatic nitrogens is 2. The quantitative estimate of drug-likeness (QED) is 0.643. The van der Waals surface area contributed by atoms with Gasteiger partial charge in [-0.2, -0.15) is 5.10 Å². The Bertz CT molecular complexity index is 949. The summed E-state index contributed by atoms with van der Waals surface area (Å²) in [6, 6.07) is 0.962. The molecule has 6 rings (SSSR count). The fourth-order valence-electron chi connectivity index (χ4n) is 7.03. The minimum atomic E-state index is -0.241. The van der Waals surface area contributed by atoms with Crippen LogP contribution in [0.15, 0.2) is 15.5 Å². The maximum Gasteiger partial charge on any atom is 0.283 e. The zero-order valence-corrected chi connectivity index (χ0v) is 21.8. The molecule has 1 aromatic heterocycles. The van der Waals surface area contributed by atoms with Gasteiger partial charge in [0.05, 0.1) is 11.9 Å². The van der Waals surface area contributed by atoms with Crippen LogP contribution < -0.4 is 10.9 Å². The summed E-state index contributed by atoms with van der Waals surface area (Å²) in [5.74, 6) is 2.02. The third-order valence-corrected chi connectivity index (χ3v) is 10.2. The topological polar surface area (TPSA) is 70.5 Å². The Labute approximate surface area is 205 Å². The summed E-state index contributed by atoms with van der Waals surface area (Å²) in [6.45, 7) is 11.1. The molecule has 3 saturated carbocycles. The molecular weight excluding hydrogens is 482 g/mol. The minimum absolute atomic E-state index is 0.00423. The number of anilines is 1. The molecule has 5 fully saturated rings. The van der Waals surface area contributed by atoms with Gasteiger partial charge in [0.2, 0.25) is 5.91 Å². The number of rotatable bonds is 5. The van der Waals surface area contributed by atoms with Crippen molar-refractivity contribution < 1.29 is 4.79 Å². The summed E-state index contributed by atoms with van der Waals surface area (Å²) in [5, 5.41) is 7.95. The van der Waals surface area contributed by atoms with Crippen molar-refractivity contribution in [1.29, 1.82) is 0 Å². The molecule has 4 atom stereocenters. The predicted molar refractivity (Wildman–Crippen MR) is 133 cm³/mol. The molecule has 0 radical (unpaired) electrons. The van der Waals surface area contributed by atoms with Gasteiger partial charge in [0.15, 0.2) is 0 Å². The van der Waals surface area contributed by atoms with Gasteiger partial charge < -0.3 is 15.1 Å². The smallest absolute Gasteiger partial charge is 0.283 e. The monoisotopic (exact) mass is 519 g/mol. The van der Waals surface area contributed by atoms with Crippen molar-refractivity contribution in [3.8, 4) is 0 Å². The fourth-order valence-corrected chi connectivity index (χ4v) is 7.46. The van der Waals surface area contributed by atoms with Crippen LogP contribution in [0.25, 0.3) is 0 Å². The van der Waals surface area contributed by atoms with Crippen molar-refractivity contribution in [2.45, 2.75) is 77.9 Å². The van der Waals surface area contributed by atoms with Crippen LogP contribution in [0.2, 0.25) is 0 Å². The van der Waals surface area contributed by atoms with Crippen molar-refractivity contribution in [3.63, 3.8) is 0 Å². The fraction of sp³-hybridized carbons (Fsp3) is 0.800. The predicted octanol–water partition coefficient (Wildman–Crippen LogP) is 3.58. The second-order valence-electron chi connectivity index (χ2n) is 11.4. The minimum Gasteiger partial charge on any atom is -0.380 e. The molecule has 7 nitrogen and oxygen atoms in total. The van der Waals surface area contributed by atoms with Crippen molar-refractivity contribution in [3.05, 3.63) is 21.0 Å². The van der Waals surface area contributed by atoms with Gasteiger partial charge in [-0.3, -0.25) is 9.59 Å². The van der Waals surface area contributed by atoms with Gasteiger partial charge in [0, 0.05) is 25.2 Å². The van der Waals surface area contributed by atoms with Crippen LogP contribution >= 0.6 is 15.9 Å². The molecule has 33 heavy (non-hydrogen) atoms. The van der Waals surface area contributed by atoms with Crippen molar-refractivity contribution >= 4 is 27.5 Å². The number of likely N-dealkylation sites (tertiary alicyclic amines) is 2. The molecule has 5 aliphatic rings. The average Bonchev–Trinajstić information content (AvgIpc) is 3.34. The Hall–Kier alpha value is -1.41. The van der Waals surface area contributed by atoms with Gasteiger partial charge >= 0.3 is 0 Å². The zero-order chi connectivity index (χ0) is 23.3. The molecule has 1 amide bonds. The van der Waals surface area contributed by atoms with Crippen LogP contribution in [0.4, 0.5) is 5.69 Å². The van der Waals surface area contributed by atoms with Crippen LogP contribution in [0.1, 0.15) is 59.3 Å². The lowest BCUT2D eigenvalue weighted by atomic mass is 9.45. The molecule has 0 spiro atoms. The summed E-state index contributed by atoms with van der Waals surface area (Å²) in [4.78, 5) is 30.3. The highest BCUT2D eigenvalue weighted by Crippen LogP contribution is 2.61. The lowest BCUT2D eigenvalue weighted by Crippen LogP contribution is -2.58. The third kappa shape index (κ3) is 4.26. The van der Waals surface area contributed by atoms with Crippen molar-refractivity contribution in [1.82, 2.24) is 19.6 Å². The maximum atomic E-state index is 13.0. The molecule has 2 aliphatic heterocycles. The van der Waals surface area contributed by atoms with Crippen LogP contribution in [0.5, 0.6) is 0 Å². The summed E-state index contributed by atoms with van der Waals surface area (Å²) in [5.41, 5.74) is 0.931. The first-order valence-electron chi connectivity index (χ1n) is 12.8. The molecule has 3 heterocycles. The van der Waals surface area contributed by atoms with Crippen LogP contribution in [0, 0.1) is 23.2 Å². The molecule has 0 unspecified atom stereocenters. The zero-order valence-electron chi connectivity index (χ0n) is 20.2. The SMILES string of the molecule is C[C@H]1[C@H](Nc2cnn(CC(=O)N3CCC(N4CCCC4)CC3)c(=O)c2Br)C[C@H]2C[C@@H]1C2(C)C. The van der Waals surface area contributed by atoms with Crippen molar-refractivity contribution in [2.75, 3.05) is 31.5 Å². The molecule has 0 aromatic carbocycles. The maximum absolute atomic E-state index is 13.0. The van der Waals surface area contributed by atoms with Crippen molar-refractivity contribution in [2.24, 2.45) is 23.2 Å². The van der Waals surface area contributed by atoms with Gasteiger partial charge in [-0.15, -0.1) is 0 Å². The summed E-state index contributed by atoms with van der Waals surface area (Å²) in [7, 11) is 0. The first-order valence-corrected chi connectivity index (χ1v) is 13.6. The molecular formula is C25H38BrN5O2. The average molecular weight is 521 g/mol. The van der Waals surface area contributed by atoms with E-state index in [0.29, 0.717) is 27.9 Å². The summed E-state index contributed by atoms with van der Waals surface area (Å²) >= 11 is 3.49. The summed E-state index contributed by atoms with van der Waals surface area (Å²) in [6.07, 6.45) is 8.81. The number of nitrogens with one attached hydrogen (secondary N) is 1. The number of halogens is 1. The number of hydrogen-bond donors (Lipinski definition) is 1. The van der Waals surface area contributed by atoms with E-state index in [1.807, 2.05) is 4.90 Å². The standard InChI is InChI=1S/C25H38BrN5O2/c1-16-19-12-17(25(19,2)3)13-20(16)28-21-14-27-31(24(33)23(21)26)15-22(32)30-10-6-18(7-11-30)29-8-4-5-9-29/h14,16-20,28H,4-13,15H2,1-3H3/t16-,17-,19+,20-/m1/s1. The Morgan fingerprint density at radius 2 is 1.88 bits per heavy atom. The van der Waals surface area contributed by atoms with Gasteiger partial charge in [-0.25, -0.2) is 4.68 Å².